The van der Waals surface area contributed by atoms with E-state index in [4.69, 9.17) is 0 Å². The molecule has 4 heteroatoms. The van der Waals surface area contributed by atoms with Gasteiger partial charge >= 0.3 is 0 Å². The Labute approximate surface area is 183 Å². The van der Waals surface area contributed by atoms with E-state index in [-0.39, 0.29) is 11.8 Å². The van der Waals surface area contributed by atoms with E-state index >= 15 is 0 Å². The molecule has 0 aromatic heterocycles. The summed E-state index contributed by atoms with van der Waals surface area (Å²) in [7, 11) is 0. The van der Waals surface area contributed by atoms with Crippen molar-refractivity contribution in [2.75, 3.05) is 11.4 Å². The van der Waals surface area contributed by atoms with E-state index in [1.54, 1.807) is 0 Å². The van der Waals surface area contributed by atoms with Crippen LogP contribution in [0, 0.1) is 13.8 Å². The van der Waals surface area contributed by atoms with E-state index in [9.17, 15) is 9.59 Å². The average molecular weight is 411 g/mol. The van der Waals surface area contributed by atoms with Gasteiger partial charge in [0.2, 0.25) is 0 Å². The summed E-state index contributed by atoms with van der Waals surface area (Å²) in [6.07, 6.45) is 0. The van der Waals surface area contributed by atoms with Gasteiger partial charge in [-0.05, 0) is 43.5 Å². The Bertz CT molecular complexity index is 1150. The first-order valence-electron chi connectivity index (χ1n) is 10.6. The molecule has 1 aliphatic heterocycles. The maximum Gasteiger partial charge on any atom is 0.282 e. The number of likely N-dealkylation sites (N-methyl/N-ethyl adjacent to an activating group) is 1. The molecule has 3 aromatic carbocycles. The lowest BCUT2D eigenvalue weighted by Crippen LogP contribution is -2.35. The van der Waals surface area contributed by atoms with Crippen molar-refractivity contribution in [3.8, 4) is 0 Å². The molecule has 2 amide bonds. The summed E-state index contributed by atoms with van der Waals surface area (Å²) in [5, 5.41) is 0. The monoisotopic (exact) mass is 410 g/mol. The van der Waals surface area contributed by atoms with Crippen molar-refractivity contribution < 1.29 is 9.59 Å². The van der Waals surface area contributed by atoms with Gasteiger partial charge in [-0.25, -0.2) is 4.90 Å². The zero-order valence-corrected chi connectivity index (χ0v) is 18.1. The smallest absolute Gasteiger partial charge is 0.282 e. The van der Waals surface area contributed by atoms with E-state index in [2.05, 4.69) is 0 Å². The van der Waals surface area contributed by atoms with Crippen LogP contribution in [0.25, 0.3) is 5.57 Å². The number of nitrogens with zero attached hydrogens (tertiary/aromatic N) is 2. The zero-order chi connectivity index (χ0) is 22.0. The summed E-state index contributed by atoms with van der Waals surface area (Å²) in [6, 6.07) is 25.3. The first-order valence-corrected chi connectivity index (χ1v) is 10.6. The van der Waals surface area contributed by atoms with Crippen LogP contribution in [0.4, 0.5) is 5.69 Å². The molecule has 0 fully saturated rings. The van der Waals surface area contributed by atoms with Crippen molar-refractivity contribution in [1.29, 1.82) is 0 Å². The Kier molecular flexibility index (Phi) is 5.72. The number of carbonyl (C=O) groups excluding carboxylic acids is 2. The highest BCUT2D eigenvalue weighted by molar-refractivity contribution is 6.45. The van der Waals surface area contributed by atoms with E-state index in [0.717, 1.165) is 22.3 Å². The Morgan fingerprint density at radius 3 is 2.06 bits per heavy atom. The predicted octanol–water partition coefficient (Wildman–Crippen LogP) is 5.11. The number of imide groups is 1. The van der Waals surface area contributed by atoms with Crippen molar-refractivity contribution in [2.45, 2.75) is 27.3 Å². The van der Waals surface area contributed by atoms with E-state index in [1.165, 1.54) is 4.90 Å². The number of aryl methyl sites for hydroxylation is 2. The van der Waals surface area contributed by atoms with Crippen LogP contribution in [0.3, 0.4) is 0 Å². The molecule has 0 unspecified atom stereocenters. The highest BCUT2D eigenvalue weighted by Gasteiger charge is 2.42. The maximum atomic E-state index is 13.7. The molecular formula is C27H26N2O2. The molecule has 31 heavy (non-hydrogen) atoms. The number of benzene rings is 3. The predicted molar refractivity (Wildman–Crippen MR) is 124 cm³/mol. The highest BCUT2D eigenvalue weighted by Crippen LogP contribution is 2.36. The van der Waals surface area contributed by atoms with Crippen LogP contribution < -0.4 is 4.90 Å². The molecule has 3 aromatic rings. The molecule has 0 bridgehead atoms. The van der Waals surface area contributed by atoms with Crippen LogP contribution in [-0.2, 0) is 16.1 Å². The van der Waals surface area contributed by atoms with Gasteiger partial charge in [0.15, 0.2) is 0 Å². The Hall–Kier alpha value is -3.66. The van der Waals surface area contributed by atoms with Gasteiger partial charge in [0.05, 0.1) is 11.3 Å². The second-order valence-electron chi connectivity index (χ2n) is 7.82. The molecule has 1 aliphatic rings. The van der Waals surface area contributed by atoms with Gasteiger partial charge in [0.1, 0.15) is 5.70 Å². The SMILES string of the molecule is CCN(Cc1ccccc1)C1=C(c2ccc(C)cc2)C(=O)N(c2ccccc2C)C1=O. The molecule has 0 saturated carbocycles. The summed E-state index contributed by atoms with van der Waals surface area (Å²) in [4.78, 5) is 30.7. The molecule has 0 atom stereocenters. The topological polar surface area (TPSA) is 40.6 Å². The fourth-order valence-electron chi connectivity index (χ4n) is 3.98. The van der Waals surface area contributed by atoms with Crippen molar-refractivity contribution in [3.05, 3.63) is 107 Å². The minimum Gasteiger partial charge on any atom is -0.362 e. The van der Waals surface area contributed by atoms with Crippen LogP contribution in [0.1, 0.15) is 29.2 Å². The second-order valence-corrected chi connectivity index (χ2v) is 7.82. The molecule has 0 radical (unpaired) electrons. The molecule has 156 valence electrons. The number of para-hydroxylation sites is 1. The minimum atomic E-state index is -0.273. The van der Waals surface area contributed by atoms with Gasteiger partial charge in [-0.1, -0.05) is 78.4 Å². The second kappa shape index (κ2) is 8.60. The summed E-state index contributed by atoms with van der Waals surface area (Å²) in [5.41, 5.74) is 5.41. The summed E-state index contributed by atoms with van der Waals surface area (Å²) in [6.45, 7) is 7.11. The molecular weight excluding hydrogens is 384 g/mol. The minimum absolute atomic E-state index is 0.271. The third-order valence-corrected chi connectivity index (χ3v) is 5.67. The van der Waals surface area contributed by atoms with Gasteiger partial charge in [0.25, 0.3) is 11.8 Å². The molecule has 0 spiro atoms. The van der Waals surface area contributed by atoms with Gasteiger partial charge in [-0.3, -0.25) is 9.59 Å². The first-order chi connectivity index (χ1) is 15.0. The first kappa shape index (κ1) is 20.6. The fourth-order valence-corrected chi connectivity index (χ4v) is 3.98. The fraction of sp³-hybridized carbons (Fsp3) is 0.185. The van der Waals surface area contributed by atoms with Crippen molar-refractivity contribution >= 4 is 23.1 Å². The lowest BCUT2D eigenvalue weighted by Gasteiger charge is -2.25. The van der Waals surface area contributed by atoms with Gasteiger partial charge in [-0.2, -0.15) is 0 Å². The van der Waals surface area contributed by atoms with Gasteiger partial charge in [-0.15, -0.1) is 0 Å². The molecule has 4 rings (SSSR count). The highest BCUT2D eigenvalue weighted by atomic mass is 16.2. The lowest BCUT2D eigenvalue weighted by atomic mass is 10.0. The van der Waals surface area contributed by atoms with Crippen LogP contribution >= 0.6 is 0 Å². The molecule has 4 nitrogen and oxygen atoms in total. The average Bonchev–Trinajstić information content (AvgIpc) is 3.04. The van der Waals surface area contributed by atoms with Crippen molar-refractivity contribution in [2.24, 2.45) is 0 Å². The largest absolute Gasteiger partial charge is 0.362 e. The number of anilines is 1. The van der Waals surface area contributed by atoms with Gasteiger partial charge in [0, 0.05) is 13.1 Å². The number of hydrogen-bond acceptors (Lipinski definition) is 3. The lowest BCUT2D eigenvalue weighted by molar-refractivity contribution is -0.120. The van der Waals surface area contributed by atoms with Crippen molar-refractivity contribution in [3.63, 3.8) is 0 Å². The summed E-state index contributed by atoms with van der Waals surface area (Å²) in [5.74, 6) is -0.544. The molecule has 1 heterocycles. The molecule has 0 aliphatic carbocycles. The van der Waals surface area contributed by atoms with Gasteiger partial charge < -0.3 is 4.90 Å². The van der Waals surface area contributed by atoms with E-state index in [1.807, 2.05) is 105 Å². The Morgan fingerprint density at radius 1 is 0.774 bits per heavy atom. The summed E-state index contributed by atoms with van der Waals surface area (Å²) < 4.78 is 0. The van der Waals surface area contributed by atoms with E-state index < -0.39 is 0 Å². The normalized spacial score (nSPS) is 13.8. The van der Waals surface area contributed by atoms with E-state index in [0.29, 0.717) is 30.0 Å². The third-order valence-electron chi connectivity index (χ3n) is 5.67. The quantitative estimate of drug-likeness (QED) is 0.530. The number of amides is 2. The molecule has 0 saturated heterocycles. The van der Waals surface area contributed by atoms with Crippen LogP contribution in [0.5, 0.6) is 0 Å². The van der Waals surface area contributed by atoms with Crippen LogP contribution in [0.15, 0.2) is 84.6 Å². The van der Waals surface area contributed by atoms with Crippen LogP contribution in [-0.4, -0.2) is 23.3 Å². The number of rotatable bonds is 6. The Morgan fingerprint density at radius 2 is 1.42 bits per heavy atom. The summed E-state index contributed by atoms with van der Waals surface area (Å²) >= 11 is 0. The zero-order valence-electron chi connectivity index (χ0n) is 18.1. The maximum absolute atomic E-state index is 13.7. The number of carbonyl (C=O) groups is 2. The molecule has 0 N–H and O–H groups in total. The van der Waals surface area contributed by atoms with Crippen molar-refractivity contribution in [1.82, 2.24) is 4.90 Å². The van der Waals surface area contributed by atoms with Crippen LogP contribution in [0.2, 0.25) is 0 Å². The number of hydrogen-bond donors (Lipinski definition) is 0. The third kappa shape index (κ3) is 3.89. The Balaban J connectivity index is 1.85. The standard InChI is InChI=1S/C27H26N2O2/c1-4-28(18-21-11-6-5-7-12-21)25-24(22-16-14-19(2)15-17-22)26(30)29(27(25)31)23-13-9-8-10-20(23)3/h5-17H,4,18H2,1-3H3.